The molecule has 0 N–H and O–H groups in total. The highest BCUT2D eigenvalue weighted by Gasteiger charge is 2.21. The third-order valence-electron chi connectivity index (χ3n) is 9.61. The first-order valence-corrected chi connectivity index (χ1v) is 17.1. The lowest BCUT2D eigenvalue weighted by atomic mass is 10.00. The molecule has 9 rings (SSSR count). The van der Waals surface area contributed by atoms with Gasteiger partial charge in [0.25, 0.3) is 0 Å². The Bertz CT molecular complexity index is 2530. The molecule has 1 heterocycles. The maximum absolute atomic E-state index is 2.42. The van der Waals surface area contributed by atoms with Crippen molar-refractivity contribution in [2.45, 2.75) is 0 Å². The van der Waals surface area contributed by atoms with Gasteiger partial charge in [0.05, 0.1) is 16.7 Å². The molecule has 8 aromatic carbocycles. The largest absolute Gasteiger partial charge is 0.308 e. The molecule has 0 aliphatic heterocycles. The van der Waals surface area contributed by atoms with Crippen molar-refractivity contribution in [1.29, 1.82) is 0 Å². The molecule has 0 bridgehead atoms. The molecule has 0 amide bonds. The number of fused-ring (bicyclic) bond motifs is 3. The van der Waals surface area contributed by atoms with Crippen LogP contribution in [-0.2, 0) is 0 Å². The Morgan fingerprint density at radius 1 is 0.300 bits per heavy atom. The number of para-hydroxylation sites is 3. The fourth-order valence-corrected chi connectivity index (χ4v) is 7.18. The van der Waals surface area contributed by atoms with E-state index in [0.29, 0.717) is 0 Å². The molecule has 1 aromatic heterocycles. The predicted molar refractivity (Wildman–Crippen MR) is 212 cm³/mol. The Labute approximate surface area is 292 Å². The minimum absolute atomic E-state index is 1.10. The second-order valence-electron chi connectivity index (χ2n) is 12.6. The third-order valence-corrected chi connectivity index (χ3v) is 9.61. The second-order valence-corrected chi connectivity index (χ2v) is 12.6. The number of anilines is 3. The number of rotatable bonds is 7. The minimum Gasteiger partial charge on any atom is -0.308 e. The van der Waals surface area contributed by atoms with Gasteiger partial charge in [-0.2, -0.15) is 0 Å². The van der Waals surface area contributed by atoms with Gasteiger partial charge in [0.1, 0.15) is 0 Å². The summed E-state index contributed by atoms with van der Waals surface area (Å²) in [6.07, 6.45) is 0. The maximum atomic E-state index is 2.42. The number of benzene rings is 8. The summed E-state index contributed by atoms with van der Waals surface area (Å²) in [4.78, 5) is 2.39. The van der Waals surface area contributed by atoms with Gasteiger partial charge in [0.15, 0.2) is 0 Å². The molecule has 0 fully saturated rings. The summed E-state index contributed by atoms with van der Waals surface area (Å²) < 4.78 is 2.42. The molecule has 0 unspecified atom stereocenters. The van der Waals surface area contributed by atoms with Crippen LogP contribution in [0.1, 0.15) is 0 Å². The number of nitrogens with zero attached hydrogens (tertiary/aromatic N) is 2. The third kappa shape index (κ3) is 5.34. The number of aromatic nitrogens is 1. The van der Waals surface area contributed by atoms with Gasteiger partial charge in [-0.1, -0.05) is 158 Å². The summed E-state index contributed by atoms with van der Waals surface area (Å²) in [6.45, 7) is 0. The smallest absolute Gasteiger partial charge is 0.0782 e. The maximum Gasteiger partial charge on any atom is 0.0782 e. The molecule has 0 spiro atoms. The van der Waals surface area contributed by atoms with E-state index in [-0.39, 0.29) is 0 Å². The van der Waals surface area contributed by atoms with Crippen molar-refractivity contribution in [3.8, 4) is 39.1 Å². The van der Waals surface area contributed by atoms with Crippen molar-refractivity contribution in [3.05, 3.63) is 206 Å². The molecular weight excluding hydrogens is 605 g/mol. The van der Waals surface area contributed by atoms with Crippen molar-refractivity contribution < 1.29 is 0 Å². The van der Waals surface area contributed by atoms with E-state index in [0.717, 1.165) is 22.7 Å². The second kappa shape index (κ2) is 12.8. The zero-order valence-electron chi connectivity index (χ0n) is 27.5. The molecular formula is C48H34N2. The average molecular weight is 639 g/mol. The van der Waals surface area contributed by atoms with Crippen molar-refractivity contribution in [1.82, 2.24) is 4.57 Å². The van der Waals surface area contributed by atoms with E-state index < -0.39 is 0 Å². The van der Waals surface area contributed by atoms with Crippen molar-refractivity contribution in [2.24, 2.45) is 0 Å². The van der Waals surface area contributed by atoms with E-state index in [1.165, 1.54) is 55.2 Å². The lowest BCUT2D eigenvalue weighted by Gasteiger charge is -2.27. The molecule has 0 saturated carbocycles. The Morgan fingerprint density at radius 3 is 1.30 bits per heavy atom. The summed E-state index contributed by atoms with van der Waals surface area (Å²) >= 11 is 0. The van der Waals surface area contributed by atoms with Gasteiger partial charge in [-0.3, -0.25) is 0 Å². The fraction of sp³-hybridized carbons (Fsp3) is 0. The van der Waals surface area contributed by atoms with Crippen LogP contribution < -0.4 is 4.90 Å². The zero-order valence-corrected chi connectivity index (χ0v) is 27.5. The summed E-state index contributed by atoms with van der Waals surface area (Å²) in [6, 6.07) is 74.0. The quantitative estimate of drug-likeness (QED) is 0.169. The van der Waals surface area contributed by atoms with Gasteiger partial charge in [0, 0.05) is 27.8 Å². The van der Waals surface area contributed by atoms with Crippen molar-refractivity contribution in [3.63, 3.8) is 0 Å². The van der Waals surface area contributed by atoms with Crippen molar-refractivity contribution >= 4 is 38.9 Å². The van der Waals surface area contributed by atoms with Crippen LogP contribution in [-0.4, -0.2) is 4.57 Å². The van der Waals surface area contributed by atoms with Crippen LogP contribution in [0.15, 0.2) is 206 Å². The monoisotopic (exact) mass is 638 g/mol. The summed E-state index contributed by atoms with van der Waals surface area (Å²) in [5.41, 5.74) is 14.1. The summed E-state index contributed by atoms with van der Waals surface area (Å²) in [5.74, 6) is 0. The summed E-state index contributed by atoms with van der Waals surface area (Å²) in [5, 5.41) is 2.46. The highest BCUT2D eigenvalue weighted by Crippen LogP contribution is 2.43. The van der Waals surface area contributed by atoms with Crippen molar-refractivity contribution in [2.75, 3.05) is 4.90 Å². The molecule has 0 aliphatic carbocycles. The first-order valence-electron chi connectivity index (χ1n) is 17.1. The molecule has 236 valence electrons. The van der Waals surface area contributed by atoms with Crippen LogP contribution in [0.25, 0.3) is 60.9 Å². The van der Waals surface area contributed by atoms with E-state index in [1.807, 2.05) is 0 Å². The molecule has 0 atom stereocenters. The summed E-state index contributed by atoms with van der Waals surface area (Å²) in [7, 11) is 0. The van der Waals surface area contributed by atoms with Crippen LogP contribution >= 0.6 is 0 Å². The minimum atomic E-state index is 1.10. The normalized spacial score (nSPS) is 11.2. The van der Waals surface area contributed by atoms with Gasteiger partial charge in [-0.05, 0) is 81.9 Å². The Morgan fingerprint density at radius 2 is 0.720 bits per heavy atom. The van der Waals surface area contributed by atoms with Crippen LogP contribution in [0, 0.1) is 0 Å². The van der Waals surface area contributed by atoms with Crippen LogP contribution in [0.3, 0.4) is 0 Å². The first-order chi connectivity index (χ1) is 24.8. The Balaban J connectivity index is 1.18. The van der Waals surface area contributed by atoms with Crippen LogP contribution in [0.2, 0.25) is 0 Å². The predicted octanol–water partition coefficient (Wildman–Crippen LogP) is 13.3. The van der Waals surface area contributed by atoms with E-state index >= 15 is 0 Å². The molecule has 0 aliphatic rings. The standard InChI is InChI=1S/C48H34N2/c1-4-13-35(14-5-1)37-23-25-38(26-24-37)40-27-31-42(32-28-40)49(41-17-8-3-9-18-41)47-22-12-20-45-44-19-10-11-21-46(44)50(48(45)47)43-33-29-39(30-34-43)36-15-6-2-7-16-36/h1-34H. The number of hydrogen-bond donors (Lipinski definition) is 0. The van der Waals surface area contributed by atoms with Gasteiger partial charge < -0.3 is 9.47 Å². The molecule has 0 saturated heterocycles. The average Bonchev–Trinajstić information content (AvgIpc) is 3.55. The van der Waals surface area contributed by atoms with E-state index in [2.05, 4.69) is 216 Å². The molecule has 9 aromatic rings. The van der Waals surface area contributed by atoms with E-state index in [9.17, 15) is 0 Å². The lowest BCUT2D eigenvalue weighted by molar-refractivity contribution is 1.17. The topological polar surface area (TPSA) is 8.17 Å². The Hall–Kier alpha value is -6.64. The SMILES string of the molecule is c1ccc(-c2ccc(-c3ccc(N(c4ccccc4)c4cccc5c6ccccc6n(-c6ccc(-c7ccccc7)cc6)c45)cc3)cc2)cc1. The van der Waals surface area contributed by atoms with Gasteiger partial charge in [-0.15, -0.1) is 0 Å². The molecule has 0 radical (unpaired) electrons. The van der Waals surface area contributed by atoms with Gasteiger partial charge >= 0.3 is 0 Å². The molecule has 2 heteroatoms. The lowest BCUT2D eigenvalue weighted by Crippen LogP contribution is -2.11. The highest BCUT2D eigenvalue weighted by molar-refractivity contribution is 6.14. The zero-order chi connectivity index (χ0) is 33.3. The van der Waals surface area contributed by atoms with Gasteiger partial charge in [-0.25, -0.2) is 0 Å². The first kappa shape index (κ1) is 29.5. The Kier molecular flexibility index (Phi) is 7.53. The number of hydrogen-bond acceptors (Lipinski definition) is 1. The van der Waals surface area contributed by atoms with Gasteiger partial charge in [0.2, 0.25) is 0 Å². The molecule has 50 heavy (non-hydrogen) atoms. The van der Waals surface area contributed by atoms with E-state index in [1.54, 1.807) is 0 Å². The van der Waals surface area contributed by atoms with E-state index in [4.69, 9.17) is 0 Å². The highest BCUT2D eigenvalue weighted by atomic mass is 15.2. The molecule has 2 nitrogen and oxygen atoms in total. The van der Waals surface area contributed by atoms with Crippen LogP contribution in [0.4, 0.5) is 17.1 Å². The van der Waals surface area contributed by atoms with Crippen LogP contribution in [0.5, 0.6) is 0 Å². The fourth-order valence-electron chi connectivity index (χ4n) is 7.18.